The Kier molecular flexibility index (Phi) is 4.90. The average Bonchev–Trinajstić information content (AvgIpc) is 3.30. The molecule has 0 radical (unpaired) electrons. The fourth-order valence-corrected chi connectivity index (χ4v) is 2.82. The number of nitrogens with zero attached hydrogens (tertiary/aromatic N) is 4. The maximum absolute atomic E-state index is 12.3. The van der Waals surface area contributed by atoms with E-state index in [9.17, 15) is 13.2 Å². The molecule has 0 saturated carbocycles. The fourth-order valence-electron chi connectivity index (χ4n) is 2.82. The van der Waals surface area contributed by atoms with Gasteiger partial charge in [-0.15, -0.1) is 13.2 Å². The second-order valence-electron chi connectivity index (χ2n) is 6.57. The topological polar surface area (TPSA) is 92.0 Å². The molecule has 2 aromatic carbocycles. The van der Waals surface area contributed by atoms with Crippen molar-refractivity contribution in [3.8, 4) is 28.7 Å². The van der Waals surface area contributed by atoms with Gasteiger partial charge in [-0.05, 0) is 55.0 Å². The molecule has 154 valence electrons. The van der Waals surface area contributed by atoms with E-state index in [1.165, 1.54) is 24.3 Å². The van der Waals surface area contributed by atoms with Gasteiger partial charge >= 0.3 is 6.36 Å². The maximum atomic E-state index is 12.3. The minimum atomic E-state index is -4.75. The molecule has 2 N–H and O–H groups in total. The molecule has 0 saturated heterocycles. The largest absolute Gasteiger partial charge is 0.573 e. The molecule has 0 aliphatic heterocycles. The van der Waals surface area contributed by atoms with E-state index in [-0.39, 0.29) is 17.5 Å². The zero-order chi connectivity index (χ0) is 21.3. The summed E-state index contributed by atoms with van der Waals surface area (Å²) in [6.07, 6.45) is -4.75. The van der Waals surface area contributed by atoms with Crippen LogP contribution in [0.4, 0.5) is 18.9 Å². The van der Waals surface area contributed by atoms with Crippen LogP contribution >= 0.6 is 0 Å². The van der Waals surface area contributed by atoms with Crippen LogP contribution in [-0.4, -0.2) is 26.3 Å². The lowest BCUT2D eigenvalue weighted by molar-refractivity contribution is -0.274. The monoisotopic (exact) mass is 415 g/mol. The summed E-state index contributed by atoms with van der Waals surface area (Å²) in [5, 5.41) is 8.39. The Bertz CT molecular complexity index is 1150. The number of ether oxygens (including phenoxy) is 1. The Morgan fingerprint density at radius 1 is 1.07 bits per heavy atom. The van der Waals surface area contributed by atoms with Gasteiger partial charge < -0.3 is 15.0 Å². The van der Waals surface area contributed by atoms with Crippen molar-refractivity contribution in [3.05, 3.63) is 65.9 Å². The second-order valence-corrected chi connectivity index (χ2v) is 6.57. The predicted molar refractivity (Wildman–Crippen MR) is 102 cm³/mol. The third kappa shape index (κ3) is 4.43. The molecule has 0 aliphatic rings. The van der Waals surface area contributed by atoms with Crippen LogP contribution in [-0.2, 0) is 6.54 Å². The summed E-state index contributed by atoms with van der Waals surface area (Å²) in [6.45, 7) is 2.46. The van der Waals surface area contributed by atoms with Crippen LogP contribution < -0.4 is 10.5 Å². The molecule has 30 heavy (non-hydrogen) atoms. The summed E-state index contributed by atoms with van der Waals surface area (Å²) in [7, 11) is 0. The first-order valence-electron chi connectivity index (χ1n) is 8.86. The highest BCUT2D eigenvalue weighted by Gasteiger charge is 2.31. The summed E-state index contributed by atoms with van der Waals surface area (Å²) < 4.78 is 47.7. The van der Waals surface area contributed by atoms with E-state index >= 15 is 0 Å². The van der Waals surface area contributed by atoms with Crippen molar-refractivity contribution in [2.45, 2.75) is 19.8 Å². The van der Waals surface area contributed by atoms with Crippen molar-refractivity contribution in [2.24, 2.45) is 0 Å². The average molecular weight is 415 g/mol. The van der Waals surface area contributed by atoms with Gasteiger partial charge in [0, 0.05) is 16.9 Å². The molecule has 0 spiro atoms. The summed E-state index contributed by atoms with van der Waals surface area (Å²) in [5.41, 5.74) is 9.31. The van der Waals surface area contributed by atoms with Crippen LogP contribution in [0.2, 0.25) is 0 Å². The van der Waals surface area contributed by atoms with E-state index < -0.39 is 6.36 Å². The molecule has 0 bridgehead atoms. The van der Waals surface area contributed by atoms with Gasteiger partial charge in [0.15, 0.2) is 5.69 Å². The Morgan fingerprint density at radius 3 is 2.43 bits per heavy atom. The minimum absolute atomic E-state index is 0.208. The Hall–Kier alpha value is -3.82. The van der Waals surface area contributed by atoms with Crippen LogP contribution in [0.5, 0.6) is 5.75 Å². The number of rotatable bonds is 5. The SMILES string of the molecule is Cc1cc(-c2nc(-c3ccc(OC(F)(F)F)cc3)no2)nn1Cc1ccc(N)cc1. The van der Waals surface area contributed by atoms with Crippen LogP contribution in [0.15, 0.2) is 59.1 Å². The Labute approximate surface area is 168 Å². The van der Waals surface area contributed by atoms with Gasteiger partial charge in [0.25, 0.3) is 5.89 Å². The van der Waals surface area contributed by atoms with Gasteiger partial charge in [0.05, 0.1) is 6.54 Å². The molecular weight excluding hydrogens is 399 g/mol. The lowest BCUT2D eigenvalue weighted by atomic mass is 10.2. The summed E-state index contributed by atoms with van der Waals surface area (Å²) in [4.78, 5) is 4.29. The number of benzene rings is 2. The molecular formula is C20H16F3N5O2. The fraction of sp³-hybridized carbons (Fsp3) is 0.150. The van der Waals surface area contributed by atoms with E-state index in [4.69, 9.17) is 10.3 Å². The molecule has 0 aliphatic carbocycles. The molecule has 0 fully saturated rings. The lowest BCUT2D eigenvalue weighted by Crippen LogP contribution is -2.16. The zero-order valence-electron chi connectivity index (χ0n) is 15.7. The van der Waals surface area contributed by atoms with E-state index in [2.05, 4.69) is 20.0 Å². The highest BCUT2D eigenvalue weighted by Crippen LogP contribution is 2.27. The van der Waals surface area contributed by atoms with Crippen molar-refractivity contribution in [1.82, 2.24) is 19.9 Å². The van der Waals surface area contributed by atoms with Crippen LogP contribution in [0.25, 0.3) is 23.0 Å². The molecule has 0 unspecified atom stereocenters. The van der Waals surface area contributed by atoms with E-state index in [0.717, 1.165) is 11.3 Å². The van der Waals surface area contributed by atoms with E-state index in [1.807, 2.05) is 37.3 Å². The van der Waals surface area contributed by atoms with E-state index in [1.54, 1.807) is 4.68 Å². The van der Waals surface area contributed by atoms with Gasteiger partial charge in [-0.3, -0.25) is 4.68 Å². The molecule has 10 heteroatoms. The first-order valence-corrected chi connectivity index (χ1v) is 8.86. The molecule has 0 amide bonds. The van der Waals surface area contributed by atoms with Crippen molar-refractivity contribution in [3.63, 3.8) is 0 Å². The number of nitrogens with two attached hydrogens (primary N) is 1. The Balaban J connectivity index is 1.52. The predicted octanol–water partition coefficient (Wildman–Crippen LogP) is 4.44. The van der Waals surface area contributed by atoms with Crippen LogP contribution in [0.1, 0.15) is 11.3 Å². The maximum Gasteiger partial charge on any atom is 0.573 e. The van der Waals surface area contributed by atoms with Crippen molar-refractivity contribution in [2.75, 3.05) is 5.73 Å². The quantitative estimate of drug-likeness (QED) is 0.485. The smallest absolute Gasteiger partial charge is 0.406 e. The van der Waals surface area contributed by atoms with Gasteiger partial charge in [0.2, 0.25) is 5.82 Å². The highest BCUT2D eigenvalue weighted by molar-refractivity contribution is 5.59. The van der Waals surface area contributed by atoms with Gasteiger partial charge in [-0.1, -0.05) is 17.3 Å². The normalized spacial score (nSPS) is 11.6. The molecule has 2 aromatic heterocycles. The summed E-state index contributed by atoms with van der Waals surface area (Å²) in [5.74, 6) is 0.112. The van der Waals surface area contributed by atoms with Crippen molar-refractivity contribution in [1.29, 1.82) is 0 Å². The summed E-state index contributed by atoms with van der Waals surface area (Å²) in [6, 6.07) is 14.5. The lowest BCUT2D eigenvalue weighted by Gasteiger charge is -2.08. The van der Waals surface area contributed by atoms with Crippen LogP contribution in [0.3, 0.4) is 0 Å². The number of halogens is 3. The first-order chi connectivity index (χ1) is 14.3. The van der Waals surface area contributed by atoms with Crippen molar-refractivity contribution < 1.29 is 22.4 Å². The van der Waals surface area contributed by atoms with Gasteiger partial charge in [0.1, 0.15) is 5.75 Å². The third-order valence-electron chi connectivity index (χ3n) is 4.28. The van der Waals surface area contributed by atoms with Gasteiger partial charge in [-0.25, -0.2) is 0 Å². The number of nitrogen functional groups attached to an aromatic ring is 1. The van der Waals surface area contributed by atoms with Gasteiger partial charge in [-0.2, -0.15) is 10.1 Å². The second kappa shape index (κ2) is 7.54. The molecule has 4 aromatic rings. The zero-order valence-corrected chi connectivity index (χ0v) is 15.7. The highest BCUT2D eigenvalue weighted by atomic mass is 19.4. The number of aromatic nitrogens is 4. The third-order valence-corrected chi connectivity index (χ3v) is 4.28. The standard InChI is InChI=1S/C20H16F3N5O2/c1-12-10-17(26-28(12)11-13-2-6-15(24)7-3-13)19-25-18(27-30-19)14-4-8-16(9-5-14)29-20(21,22)23/h2-10H,11,24H2,1H3. The number of aryl methyl sites for hydroxylation is 1. The number of alkyl halides is 3. The molecule has 0 atom stereocenters. The molecule has 4 rings (SSSR count). The van der Waals surface area contributed by atoms with Crippen molar-refractivity contribution >= 4 is 5.69 Å². The summed E-state index contributed by atoms with van der Waals surface area (Å²) >= 11 is 0. The molecule has 2 heterocycles. The number of hydrogen-bond donors (Lipinski definition) is 1. The number of hydrogen-bond acceptors (Lipinski definition) is 6. The molecule has 7 nitrogen and oxygen atoms in total. The Morgan fingerprint density at radius 2 is 1.77 bits per heavy atom. The van der Waals surface area contributed by atoms with Crippen LogP contribution in [0, 0.1) is 6.92 Å². The minimum Gasteiger partial charge on any atom is -0.406 e. The first kappa shape index (κ1) is 19.5. The van der Waals surface area contributed by atoms with E-state index in [0.29, 0.717) is 23.5 Å². The number of anilines is 1.